The Morgan fingerprint density at radius 2 is 1.86 bits per heavy atom. The fourth-order valence-corrected chi connectivity index (χ4v) is 2.60. The molecule has 21 heavy (non-hydrogen) atoms. The Hall–Kier alpha value is -1.34. The zero-order valence-corrected chi connectivity index (χ0v) is 13.0. The van der Waals surface area contributed by atoms with Crippen LogP contribution in [0.1, 0.15) is 33.6 Å². The number of likely N-dealkylation sites (tertiary alicyclic amines) is 1. The van der Waals surface area contributed by atoms with Crippen LogP contribution in [0, 0.1) is 0 Å². The molecule has 0 saturated carbocycles. The van der Waals surface area contributed by atoms with E-state index in [9.17, 15) is 9.59 Å². The molecule has 1 atom stereocenters. The maximum atomic E-state index is 12.3. The summed E-state index contributed by atoms with van der Waals surface area (Å²) in [4.78, 5) is 25.7. The van der Waals surface area contributed by atoms with Crippen LogP contribution in [0.5, 0.6) is 0 Å². The Balaban J connectivity index is 2.13. The SMILES string of the molecule is COC(=O)[C@H]1CC2(CCN1C(=O)OC(C)(C)C)OCCO2. The number of carbonyl (C=O) groups excluding carboxylic acids is 2. The molecule has 0 aromatic rings. The van der Waals surface area contributed by atoms with Gasteiger partial charge in [-0.1, -0.05) is 0 Å². The molecule has 2 saturated heterocycles. The number of hydrogen-bond donors (Lipinski definition) is 0. The van der Waals surface area contributed by atoms with Crippen LogP contribution in [0.25, 0.3) is 0 Å². The summed E-state index contributed by atoms with van der Waals surface area (Å²) in [5.74, 6) is -1.27. The molecule has 120 valence electrons. The van der Waals surface area contributed by atoms with Crippen LogP contribution in [-0.2, 0) is 23.7 Å². The van der Waals surface area contributed by atoms with E-state index in [1.807, 2.05) is 0 Å². The van der Waals surface area contributed by atoms with Gasteiger partial charge >= 0.3 is 12.1 Å². The summed E-state index contributed by atoms with van der Waals surface area (Å²) in [7, 11) is 1.30. The van der Waals surface area contributed by atoms with E-state index < -0.39 is 29.5 Å². The Labute approximate surface area is 124 Å². The van der Waals surface area contributed by atoms with Gasteiger partial charge in [-0.15, -0.1) is 0 Å². The van der Waals surface area contributed by atoms with E-state index in [4.69, 9.17) is 18.9 Å². The van der Waals surface area contributed by atoms with Gasteiger partial charge in [0.15, 0.2) is 5.79 Å². The largest absolute Gasteiger partial charge is 0.467 e. The van der Waals surface area contributed by atoms with Crippen molar-refractivity contribution in [2.75, 3.05) is 26.9 Å². The highest BCUT2D eigenvalue weighted by Gasteiger charge is 2.49. The molecule has 7 nitrogen and oxygen atoms in total. The van der Waals surface area contributed by atoms with Crippen molar-refractivity contribution < 1.29 is 28.5 Å². The molecular formula is C14H23NO6. The third kappa shape index (κ3) is 3.65. The highest BCUT2D eigenvalue weighted by atomic mass is 16.7. The summed E-state index contributed by atoms with van der Waals surface area (Å²) < 4.78 is 21.4. The molecule has 0 aromatic heterocycles. The van der Waals surface area contributed by atoms with Crippen molar-refractivity contribution in [2.45, 2.75) is 51.0 Å². The van der Waals surface area contributed by atoms with E-state index in [1.165, 1.54) is 12.0 Å². The second-order valence-corrected chi connectivity index (χ2v) is 6.27. The summed E-state index contributed by atoms with van der Waals surface area (Å²) in [5.41, 5.74) is -0.618. The lowest BCUT2D eigenvalue weighted by Crippen LogP contribution is -2.57. The monoisotopic (exact) mass is 301 g/mol. The highest BCUT2D eigenvalue weighted by molar-refractivity contribution is 5.82. The van der Waals surface area contributed by atoms with E-state index in [0.717, 1.165) is 0 Å². The van der Waals surface area contributed by atoms with Crippen LogP contribution < -0.4 is 0 Å². The van der Waals surface area contributed by atoms with Crippen molar-refractivity contribution in [3.8, 4) is 0 Å². The van der Waals surface area contributed by atoms with Crippen LogP contribution in [0.2, 0.25) is 0 Å². The normalized spacial score (nSPS) is 25.0. The van der Waals surface area contributed by atoms with Crippen LogP contribution in [0.15, 0.2) is 0 Å². The first-order chi connectivity index (χ1) is 9.76. The number of methoxy groups -OCH3 is 1. The molecule has 0 N–H and O–H groups in total. The van der Waals surface area contributed by atoms with Crippen molar-refractivity contribution in [2.24, 2.45) is 0 Å². The Kier molecular flexibility index (Phi) is 4.43. The maximum Gasteiger partial charge on any atom is 0.411 e. The van der Waals surface area contributed by atoms with E-state index in [0.29, 0.717) is 26.2 Å². The lowest BCUT2D eigenvalue weighted by molar-refractivity contribution is -0.200. The van der Waals surface area contributed by atoms with E-state index in [-0.39, 0.29) is 6.42 Å². The minimum atomic E-state index is -0.780. The number of nitrogens with zero attached hydrogens (tertiary/aromatic N) is 1. The molecule has 7 heteroatoms. The van der Waals surface area contributed by atoms with Gasteiger partial charge in [0.25, 0.3) is 0 Å². The average molecular weight is 301 g/mol. The average Bonchev–Trinajstić information content (AvgIpc) is 2.83. The molecule has 0 radical (unpaired) electrons. The summed E-state index contributed by atoms with van der Waals surface area (Å²) >= 11 is 0. The zero-order valence-electron chi connectivity index (χ0n) is 13.0. The number of amides is 1. The summed E-state index contributed by atoms with van der Waals surface area (Å²) in [6.45, 7) is 6.68. The second-order valence-electron chi connectivity index (χ2n) is 6.27. The van der Waals surface area contributed by atoms with Gasteiger partial charge in [0.1, 0.15) is 11.6 Å². The third-order valence-electron chi connectivity index (χ3n) is 3.53. The minimum absolute atomic E-state index is 0.263. The summed E-state index contributed by atoms with van der Waals surface area (Å²) in [6.07, 6.45) is 0.254. The Morgan fingerprint density at radius 3 is 2.38 bits per heavy atom. The first-order valence-electron chi connectivity index (χ1n) is 7.12. The zero-order chi connectivity index (χ0) is 15.7. The second kappa shape index (κ2) is 5.81. The van der Waals surface area contributed by atoms with Crippen molar-refractivity contribution in [1.29, 1.82) is 0 Å². The standard InChI is InChI=1S/C14H23NO6/c1-13(2,3)21-12(17)15-6-5-14(19-7-8-20-14)9-10(15)11(16)18-4/h10H,5-9H2,1-4H3/t10-/m1/s1. The molecule has 2 aliphatic heterocycles. The van der Waals surface area contributed by atoms with Crippen molar-refractivity contribution in [3.05, 3.63) is 0 Å². The highest BCUT2D eigenvalue weighted by Crippen LogP contribution is 2.35. The molecule has 2 heterocycles. The summed E-state index contributed by atoms with van der Waals surface area (Å²) in [6, 6.07) is -0.753. The van der Waals surface area contributed by atoms with Crippen LogP contribution in [0.3, 0.4) is 0 Å². The fourth-order valence-electron chi connectivity index (χ4n) is 2.60. The fraction of sp³-hybridized carbons (Fsp3) is 0.857. The van der Waals surface area contributed by atoms with E-state index in [1.54, 1.807) is 20.8 Å². The van der Waals surface area contributed by atoms with E-state index >= 15 is 0 Å². The number of piperidine rings is 1. The molecular weight excluding hydrogens is 278 g/mol. The van der Waals surface area contributed by atoms with Gasteiger partial charge in [-0.25, -0.2) is 9.59 Å². The van der Waals surface area contributed by atoms with Gasteiger partial charge in [0, 0.05) is 19.4 Å². The first-order valence-corrected chi connectivity index (χ1v) is 7.12. The maximum absolute atomic E-state index is 12.3. The lowest BCUT2D eigenvalue weighted by atomic mass is 9.96. The van der Waals surface area contributed by atoms with Gasteiger partial charge in [0.2, 0.25) is 0 Å². The molecule has 2 rings (SSSR count). The molecule has 1 amide bonds. The van der Waals surface area contributed by atoms with Crippen LogP contribution in [0.4, 0.5) is 4.79 Å². The topological polar surface area (TPSA) is 74.3 Å². The Morgan fingerprint density at radius 1 is 1.24 bits per heavy atom. The minimum Gasteiger partial charge on any atom is -0.467 e. The first kappa shape index (κ1) is 16.0. The molecule has 2 fully saturated rings. The van der Waals surface area contributed by atoms with Crippen LogP contribution in [-0.4, -0.2) is 61.3 Å². The smallest absolute Gasteiger partial charge is 0.411 e. The number of esters is 1. The number of carbonyl (C=O) groups is 2. The molecule has 0 bridgehead atoms. The van der Waals surface area contributed by atoms with E-state index in [2.05, 4.69) is 0 Å². The van der Waals surface area contributed by atoms with Gasteiger partial charge in [-0.05, 0) is 20.8 Å². The molecule has 0 aliphatic carbocycles. The van der Waals surface area contributed by atoms with Crippen LogP contribution >= 0.6 is 0 Å². The quantitative estimate of drug-likeness (QED) is 0.680. The number of rotatable bonds is 1. The number of ether oxygens (including phenoxy) is 4. The predicted octanol–water partition coefficient (Wildman–Crippen LogP) is 1.30. The molecule has 2 aliphatic rings. The van der Waals surface area contributed by atoms with Gasteiger partial charge in [-0.2, -0.15) is 0 Å². The lowest BCUT2D eigenvalue weighted by Gasteiger charge is -2.42. The van der Waals surface area contributed by atoms with Crippen molar-refractivity contribution in [3.63, 3.8) is 0 Å². The van der Waals surface area contributed by atoms with Gasteiger partial charge < -0.3 is 18.9 Å². The summed E-state index contributed by atoms with van der Waals surface area (Å²) in [5, 5.41) is 0. The molecule has 1 spiro atoms. The molecule has 0 aromatic carbocycles. The van der Waals surface area contributed by atoms with Crippen molar-refractivity contribution in [1.82, 2.24) is 4.90 Å². The third-order valence-corrected chi connectivity index (χ3v) is 3.53. The van der Waals surface area contributed by atoms with Gasteiger partial charge in [-0.3, -0.25) is 4.90 Å². The molecule has 0 unspecified atom stereocenters. The van der Waals surface area contributed by atoms with Gasteiger partial charge in [0.05, 0.1) is 20.3 Å². The Bertz CT molecular complexity index is 410. The predicted molar refractivity (Wildman–Crippen MR) is 72.6 cm³/mol. The van der Waals surface area contributed by atoms with Crippen molar-refractivity contribution >= 4 is 12.1 Å². The number of hydrogen-bond acceptors (Lipinski definition) is 6.